The maximum Gasteiger partial charge on any atom is 0.143 e. The van der Waals surface area contributed by atoms with Crippen molar-refractivity contribution in [1.82, 2.24) is 14.5 Å². The molecule has 1 saturated carbocycles. The van der Waals surface area contributed by atoms with E-state index < -0.39 is 12.2 Å². The van der Waals surface area contributed by atoms with Crippen molar-refractivity contribution in [3.8, 4) is 0 Å². The van der Waals surface area contributed by atoms with E-state index in [1.54, 1.807) is 0 Å². The SMILES string of the molecule is Cc1ncnc2c1ccn2[C@@H]1C[C@@H](CO)[C@@H](O)[C@H]1O. The highest BCUT2D eigenvalue weighted by Crippen LogP contribution is 2.37. The fourth-order valence-electron chi connectivity index (χ4n) is 2.92. The zero-order chi connectivity index (χ0) is 13.6. The maximum absolute atomic E-state index is 10.1. The Morgan fingerprint density at radius 2 is 2.11 bits per heavy atom. The molecule has 0 bridgehead atoms. The van der Waals surface area contributed by atoms with Crippen molar-refractivity contribution in [2.24, 2.45) is 5.92 Å². The van der Waals surface area contributed by atoms with Crippen molar-refractivity contribution in [2.75, 3.05) is 6.61 Å². The number of aromatic nitrogens is 3. The Hall–Kier alpha value is -1.50. The number of fused-ring (bicyclic) bond motifs is 1. The molecule has 0 radical (unpaired) electrons. The van der Waals surface area contributed by atoms with E-state index in [4.69, 9.17) is 0 Å². The topological polar surface area (TPSA) is 91.4 Å². The molecule has 2 aromatic rings. The molecule has 4 atom stereocenters. The Balaban J connectivity index is 2.04. The Kier molecular flexibility index (Phi) is 3.00. The number of rotatable bonds is 2. The van der Waals surface area contributed by atoms with Gasteiger partial charge in [-0.2, -0.15) is 0 Å². The molecule has 19 heavy (non-hydrogen) atoms. The van der Waals surface area contributed by atoms with Crippen LogP contribution in [0.25, 0.3) is 11.0 Å². The van der Waals surface area contributed by atoms with Crippen LogP contribution >= 0.6 is 0 Å². The van der Waals surface area contributed by atoms with Gasteiger partial charge in [-0.1, -0.05) is 0 Å². The molecule has 2 aromatic heterocycles. The van der Waals surface area contributed by atoms with Crippen LogP contribution in [-0.2, 0) is 0 Å². The quantitative estimate of drug-likeness (QED) is 0.710. The van der Waals surface area contributed by atoms with Gasteiger partial charge >= 0.3 is 0 Å². The molecule has 0 saturated heterocycles. The van der Waals surface area contributed by atoms with Crippen LogP contribution in [0.3, 0.4) is 0 Å². The number of hydrogen-bond acceptors (Lipinski definition) is 5. The molecule has 1 aliphatic rings. The molecule has 0 unspecified atom stereocenters. The lowest BCUT2D eigenvalue weighted by Crippen LogP contribution is -2.30. The van der Waals surface area contributed by atoms with Crippen LogP contribution in [0.5, 0.6) is 0 Å². The normalized spacial score (nSPS) is 31.2. The third-order valence-corrected chi connectivity index (χ3v) is 4.07. The van der Waals surface area contributed by atoms with Gasteiger partial charge in [-0.3, -0.25) is 0 Å². The van der Waals surface area contributed by atoms with Crippen LogP contribution in [0.4, 0.5) is 0 Å². The summed E-state index contributed by atoms with van der Waals surface area (Å²) in [6.07, 6.45) is 2.10. The first-order valence-electron chi connectivity index (χ1n) is 6.38. The van der Waals surface area contributed by atoms with Crippen LogP contribution < -0.4 is 0 Å². The molecule has 2 heterocycles. The largest absolute Gasteiger partial charge is 0.396 e. The van der Waals surface area contributed by atoms with Crippen molar-refractivity contribution in [2.45, 2.75) is 31.6 Å². The summed E-state index contributed by atoms with van der Waals surface area (Å²) in [7, 11) is 0. The predicted molar refractivity (Wildman–Crippen MR) is 68.5 cm³/mol. The molecular formula is C13H17N3O3. The lowest BCUT2D eigenvalue weighted by molar-refractivity contribution is -0.00365. The van der Waals surface area contributed by atoms with E-state index in [2.05, 4.69) is 9.97 Å². The number of aliphatic hydroxyl groups excluding tert-OH is 3. The highest BCUT2D eigenvalue weighted by molar-refractivity contribution is 5.78. The lowest BCUT2D eigenvalue weighted by Gasteiger charge is -2.18. The van der Waals surface area contributed by atoms with Crippen LogP contribution in [0.1, 0.15) is 18.2 Å². The van der Waals surface area contributed by atoms with Crippen LogP contribution in [0, 0.1) is 12.8 Å². The fraction of sp³-hybridized carbons (Fsp3) is 0.538. The minimum Gasteiger partial charge on any atom is -0.396 e. The number of nitrogens with zero attached hydrogens (tertiary/aromatic N) is 3. The van der Waals surface area contributed by atoms with E-state index in [1.807, 2.05) is 23.8 Å². The van der Waals surface area contributed by atoms with Gasteiger partial charge in [0.1, 0.15) is 18.1 Å². The Bertz CT molecular complexity index is 598. The first-order valence-corrected chi connectivity index (χ1v) is 6.38. The molecule has 1 fully saturated rings. The minimum absolute atomic E-state index is 0.123. The first kappa shape index (κ1) is 12.5. The summed E-state index contributed by atoms with van der Waals surface area (Å²) in [4.78, 5) is 8.39. The van der Waals surface area contributed by atoms with Crippen LogP contribution in [0.2, 0.25) is 0 Å². The highest BCUT2D eigenvalue weighted by atomic mass is 16.3. The molecule has 6 nitrogen and oxygen atoms in total. The predicted octanol–water partition coefficient (Wildman–Crippen LogP) is 0.0148. The summed E-state index contributed by atoms with van der Waals surface area (Å²) in [6, 6.07) is 1.65. The third-order valence-electron chi connectivity index (χ3n) is 4.07. The third kappa shape index (κ3) is 1.83. The Morgan fingerprint density at radius 3 is 2.79 bits per heavy atom. The fourth-order valence-corrected chi connectivity index (χ4v) is 2.92. The molecule has 6 heteroatoms. The minimum atomic E-state index is -0.893. The summed E-state index contributed by atoms with van der Waals surface area (Å²) in [6.45, 7) is 1.78. The van der Waals surface area contributed by atoms with Gasteiger partial charge in [0.15, 0.2) is 0 Å². The highest BCUT2D eigenvalue weighted by Gasteiger charge is 2.42. The van der Waals surface area contributed by atoms with Gasteiger partial charge in [-0.15, -0.1) is 0 Å². The zero-order valence-electron chi connectivity index (χ0n) is 10.6. The summed E-state index contributed by atoms with van der Waals surface area (Å²) in [5, 5.41) is 30.2. The monoisotopic (exact) mass is 263 g/mol. The summed E-state index contributed by atoms with van der Waals surface area (Å²) in [5.41, 5.74) is 1.64. The van der Waals surface area contributed by atoms with Gasteiger partial charge in [-0.25, -0.2) is 9.97 Å². The van der Waals surface area contributed by atoms with Crippen LogP contribution in [-0.4, -0.2) is 48.7 Å². The molecule has 0 aromatic carbocycles. The average molecular weight is 263 g/mol. The van der Waals surface area contributed by atoms with E-state index in [1.165, 1.54) is 6.33 Å². The molecule has 1 aliphatic carbocycles. The van der Waals surface area contributed by atoms with Crippen molar-refractivity contribution < 1.29 is 15.3 Å². The van der Waals surface area contributed by atoms with E-state index >= 15 is 0 Å². The molecule has 102 valence electrons. The standard InChI is InChI=1S/C13H17N3O3/c1-7-9-2-3-16(13(9)15-6-14-7)10-4-8(5-17)11(18)12(10)19/h2-3,6,8,10-12,17-19H,4-5H2,1H3/t8-,10+,11+,12-/m0/s1. The van der Waals surface area contributed by atoms with Gasteiger partial charge in [-0.05, 0) is 19.4 Å². The number of aliphatic hydroxyl groups is 3. The van der Waals surface area contributed by atoms with Crippen molar-refractivity contribution in [3.63, 3.8) is 0 Å². The second kappa shape index (κ2) is 4.56. The Morgan fingerprint density at radius 1 is 1.32 bits per heavy atom. The van der Waals surface area contributed by atoms with Crippen molar-refractivity contribution in [3.05, 3.63) is 24.3 Å². The Labute approximate surface area is 110 Å². The van der Waals surface area contributed by atoms with Gasteiger partial charge in [0.25, 0.3) is 0 Å². The van der Waals surface area contributed by atoms with E-state index in [-0.39, 0.29) is 18.6 Å². The van der Waals surface area contributed by atoms with Gasteiger partial charge in [0.2, 0.25) is 0 Å². The second-order valence-electron chi connectivity index (χ2n) is 5.15. The van der Waals surface area contributed by atoms with Crippen LogP contribution in [0.15, 0.2) is 18.6 Å². The van der Waals surface area contributed by atoms with E-state index in [0.29, 0.717) is 6.42 Å². The smallest absolute Gasteiger partial charge is 0.143 e. The molecule has 0 spiro atoms. The zero-order valence-corrected chi connectivity index (χ0v) is 10.6. The second-order valence-corrected chi connectivity index (χ2v) is 5.15. The summed E-state index contributed by atoms with van der Waals surface area (Å²) in [5.74, 6) is -0.291. The molecular weight excluding hydrogens is 246 g/mol. The lowest BCUT2D eigenvalue weighted by atomic mass is 10.1. The molecule has 3 rings (SSSR count). The van der Waals surface area contributed by atoms with E-state index in [9.17, 15) is 15.3 Å². The number of hydrogen-bond donors (Lipinski definition) is 3. The van der Waals surface area contributed by atoms with Gasteiger partial charge < -0.3 is 19.9 Å². The van der Waals surface area contributed by atoms with Gasteiger partial charge in [0.05, 0.1) is 17.8 Å². The van der Waals surface area contributed by atoms with E-state index in [0.717, 1.165) is 16.7 Å². The number of aryl methyl sites for hydroxylation is 1. The average Bonchev–Trinajstić information content (AvgIpc) is 2.94. The molecule has 3 N–H and O–H groups in total. The molecule has 0 aliphatic heterocycles. The van der Waals surface area contributed by atoms with Gasteiger partial charge in [0, 0.05) is 24.1 Å². The summed E-state index contributed by atoms with van der Waals surface area (Å²) >= 11 is 0. The first-order chi connectivity index (χ1) is 9.13. The van der Waals surface area contributed by atoms with Crippen molar-refractivity contribution in [1.29, 1.82) is 0 Å². The van der Waals surface area contributed by atoms with Crippen molar-refractivity contribution >= 4 is 11.0 Å². The maximum atomic E-state index is 10.1. The summed E-state index contributed by atoms with van der Waals surface area (Å²) < 4.78 is 1.87. The molecule has 0 amide bonds.